The molecule has 4 heteroatoms. The minimum Gasteiger partial charge on any atom is -0.494 e. The minimum absolute atomic E-state index is 0.172. The van der Waals surface area contributed by atoms with E-state index in [0.29, 0.717) is 25.4 Å². The number of rotatable bonds is 3. The summed E-state index contributed by atoms with van der Waals surface area (Å²) in [7, 11) is 0. The van der Waals surface area contributed by atoms with E-state index >= 15 is 0 Å². The summed E-state index contributed by atoms with van der Waals surface area (Å²) in [5.41, 5.74) is 0.587. The van der Waals surface area contributed by atoms with Crippen molar-refractivity contribution < 1.29 is 14.3 Å². The van der Waals surface area contributed by atoms with Gasteiger partial charge in [0, 0.05) is 24.7 Å². The lowest BCUT2D eigenvalue weighted by molar-refractivity contribution is 0.0637. The zero-order valence-corrected chi connectivity index (χ0v) is 11.0. The highest BCUT2D eigenvalue weighted by atomic mass is 16.5. The lowest BCUT2D eigenvalue weighted by Gasteiger charge is -2.22. The van der Waals surface area contributed by atoms with Gasteiger partial charge in [-0.15, -0.1) is 0 Å². The summed E-state index contributed by atoms with van der Waals surface area (Å²) in [6, 6.07) is 9.93. The Kier molecular flexibility index (Phi) is 4.82. The van der Waals surface area contributed by atoms with Crippen LogP contribution in [0.4, 0.5) is 0 Å². The standard InChI is InChI=1S/C15H17NO3/c1-2-19-14-5-3-13(4-6-14)15(17)7-8-16-9-11-18-12-10-16/h3-6H,2,9-12H2,1H3. The van der Waals surface area contributed by atoms with Crippen molar-refractivity contribution in [2.24, 2.45) is 0 Å². The average Bonchev–Trinajstić information content (AvgIpc) is 2.47. The molecule has 1 fully saturated rings. The van der Waals surface area contributed by atoms with Crippen LogP contribution in [0, 0.1) is 12.0 Å². The Morgan fingerprint density at radius 1 is 1.32 bits per heavy atom. The zero-order valence-electron chi connectivity index (χ0n) is 11.0. The van der Waals surface area contributed by atoms with Gasteiger partial charge in [-0.3, -0.25) is 4.79 Å². The number of carbonyl (C=O) groups excluding carboxylic acids is 1. The largest absolute Gasteiger partial charge is 0.494 e. The summed E-state index contributed by atoms with van der Waals surface area (Å²) in [6.45, 7) is 5.39. The van der Waals surface area contributed by atoms with E-state index in [2.05, 4.69) is 12.0 Å². The van der Waals surface area contributed by atoms with E-state index < -0.39 is 0 Å². The van der Waals surface area contributed by atoms with Crippen molar-refractivity contribution in [2.45, 2.75) is 6.92 Å². The highest BCUT2D eigenvalue weighted by Gasteiger charge is 2.07. The molecule has 19 heavy (non-hydrogen) atoms. The molecule has 1 aromatic carbocycles. The van der Waals surface area contributed by atoms with Gasteiger partial charge in [-0.2, -0.15) is 0 Å². The lowest BCUT2D eigenvalue weighted by atomic mass is 10.1. The molecule has 2 rings (SSSR count). The van der Waals surface area contributed by atoms with Crippen LogP contribution in [0.5, 0.6) is 5.75 Å². The smallest absolute Gasteiger partial charge is 0.237 e. The fourth-order valence-electron chi connectivity index (χ4n) is 1.75. The van der Waals surface area contributed by atoms with Crippen LogP contribution in [0.15, 0.2) is 24.3 Å². The molecule has 0 unspecified atom stereocenters. The number of Topliss-reactive ketones (excluding diaryl/α,β-unsaturated/α-hetero) is 1. The first-order valence-electron chi connectivity index (χ1n) is 6.41. The number of ether oxygens (including phenoxy) is 2. The Labute approximate surface area is 113 Å². The highest BCUT2D eigenvalue weighted by molar-refractivity contribution is 6.08. The predicted molar refractivity (Wildman–Crippen MR) is 72.1 cm³/mol. The van der Waals surface area contributed by atoms with Crippen LogP contribution in [-0.4, -0.2) is 43.6 Å². The maximum atomic E-state index is 11.9. The van der Waals surface area contributed by atoms with Crippen LogP contribution in [0.3, 0.4) is 0 Å². The molecule has 0 aliphatic carbocycles. The second-order valence-corrected chi connectivity index (χ2v) is 4.12. The molecule has 1 aliphatic heterocycles. The Hall–Kier alpha value is -1.99. The first-order chi connectivity index (χ1) is 9.29. The van der Waals surface area contributed by atoms with Crippen molar-refractivity contribution in [3.05, 3.63) is 29.8 Å². The second-order valence-electron chi connectivity index (χ2n) is 4.12. The fourth-order valence-corrected chi connectivity index (χ4v) is 1.75. The highest BCUT2D eigenvalue weighted by Crippen LogP contribution is 2.12. The lowest BCUT2D eigenvalue weighted by Crippen LogP contribution is -2.32. The molecule has 0 spiro atoms. The summed E-state index contributed by atoms with van der Waals surface area (Å²) in [5.74, 6) is 3.25. The summed E-state index contributed by atoms with van der Waals surface area (Å²) in [5, 5.41) is 0. The van der Waals surface area contributed by atoms with E-state index in [0.717, 1.165) is 18.8 Å². The van der Waals surface area contributed by atoms with Gasteiger partial charge in [-0.1, -0.05) is 0 Å². The van der Waals surface area contributed by atoms with Crippen molar-refractivity contribution in [3.8, 4) is 17.7 Å². The first kappa shape index (κ1) is 13.4. The maximum absolute atomic E-state index is 11.9. The number of ketones is 1. The third-order valence-corrected chi connectivity index (χ3v) is 2.77. The molecular weight excluding hydrogens is 242 g/mol. The van der Waals surface area contributed by atoms with Crippen molar-refractivity contribution in [1.82, 2.24) is 4.90 Å². The quantitative estimate of drug-likeness (QED) is 0.610. The molecule has 1 aliphatic rings. The molecule has 1 aromatic rings. The van der Waals surface area contributed by atoms with E-state index in [-0.39, 0.29) is 5.78 Å². The number of benzene rings is 1. The van der Waals surface area contributed by atoms with Gasteiger partial charge in [0.15, 0.2) is 0 Å². The summed E-state index contributed by atoms with van der Waals surface area (Å²) in [4.78, 5) is 13.8. The maximum Gasteiger partial charge on any atom is 0.237 e. The molecule has 0 radical (unpaired) electrons. The second kappa shape index (κ2) is 6.81. The number of nitrogens with zero attached hydrogens (tertiary/aromatic N) is 1. The molecule has 1 heterocycles. The van der Waals surface area contributed by atoms with Gasteiger partial charge in [-0.25, -0.2) is 0 Å². The third-order valence-electron chi connectivity index (χ3n) is 2.77. The van der Waals surface area contributed by atoms with Crippen LogP contribution < -0.4 is 4.74 Å². The molecule has 0 bridgehead atoms. The van der Waals surface area contributed by atoms with Crippen LogP contribution in [0.25, 0.3) is 0 Å². The monoisotopic (exact) mass is 259 g/mol. The van der Waals surface area contributed by atoms with Gasteiger partial charge in [0.1, 0.15) is 5.75 Å². The van der Waals surface area contributed by atoms with E-state index in [9.17, 15) is 4.79 Å². The van der Waals surface area contributed by atoms with Crippen molar-refractivity contribution in [2.75, 3.05) is 32.9 Å². The molecule has 0 saturated carbocycles. The third kappa shape index (κ3) is 4.01. The average molecular weight is 259 g/mol. The van der Waals surface area contributed by atoms with Crippen molar-refractivity contribution >= 4 is 5.78 Å². The Morgan fingerprint density at radius 3 is 2.63 bits per heavy atom. The molecule has 0 aromatic heterocycles. The van der Waals surface area contributed by atoms with Crippen molar-refractivity contribution in [1.29, 1.82) is 0 Å². The Bertz CT molecular complexity index is 478. The van der Waals surface area contributed by atoms with Crippen LogP contribution in [0.1, 0.15) is 17.3 Å². The van der Waals surface area contributed by atoms with Gasteiger partial charge in [0.25, 0.3) is 0 Å². The molecule has 0 amide bonds. The van der Waals surface area contributed by atoms with Gasteiger partial charge < -0.3 is 14.4 Å². The van der Waals surface area contributed by atoms with E-state index in [4.69, 9.17) is 9.47 Å². The number of morpholine rings is 1. The van der Waals surface area contributed by atoms with E-state index in [1.807, 2.05) is 11.8 Å². The first-order valence-corrected chi connectivity index (χ1v) is 6.41. The Balaban J connectivity index is 1.97. The Morgan fingerprint density at radius 2 is 2.00 bits per heavy atom. The number of hydrogen-bond donors (Lipinski definition) is 0. The molecule has 0 atom stereocenters. The van der Waals surface area contributed by atoms with Gasteiger partial charge in [0.2, 0.25) is 5.78 Å². The minimum atomic E-state index is -0.172. The summed E-state index contributed by atoms with van der Waals surface area (Å²) >= 11 is 0. The number of hydrogen-bond acceptors (Lipinski definition) is 4. The van der Waals surface area contributed by atoms with Gasteiger partial charge >= 0.3 is 0 Å². The number of carbonyl (C=O) groups is 1. The van der Waals surface area contributed by atoms with Gasteiger partial charge in [0.05, 0.1) is 19.8 Å². The SMILES string of the molecule is CCOc1ccc(C(=O)C#CN2CCOCC2)cc1. The van der Waals surface area contributed by atoms with Crippen LogP contribution in [-0.2, 0) is 4.74 Å². The van der Waals surface area contributed by atoms with Crippen molar-refractivity contribution in [3.63, 3.8) is 0 Å². The topological polar surface area (TPSA) is 38.8 Å². The van der Waals surface area contributed by atoms with Crippen LogP contribution >= 0.6 is 0 Å². The summed E-state index contributed by atoms with van der Waals surface area (Å²) in [6.07, 6.45) is 0. The molecule has 1 saturated heterocycles. The molecule has 100 valence electrons. The normalized spacial score (nSPS) is 14.5. The predicted octanol–water partition coefficient (Wildman–Crippen LogP) is 1.56. The molecule has 0 N–H and O–H groups in total. The fraction of sp³-hybridized carbons (Fsp3) is 0.400. The molecular formula is C15H17NO3. The van der Waals surface area contributed by atoms with E-state index in [1.165, 1.54) is 0 Å². The van der Waals surface area contributed by atoms with E-state index in [1.54, 1.807) is 24.3 Å². The van der Waals surface area contributed by atoms with Crippen LogP contribution in [0.2, 0.25) is 0 Å². The van der Waals surface area contributed by atoms with Gasteiger partial charge in [-0.05, 0) is 37.1 Å². The molecule has 4 nitrogen and oxygen atoms in total. The summed E-state index contributed by atoms with van der Waals surface area (Å²) < 4.78 is 10.5. The zero-order chi connectivity index (χ0) is 13.5.